The van der Waals surface area contributed by atoms with Gasteiger partial charge in [-0.05, 0) is 43.3 Å². The van der Waals surface area contributed by atoms with E-state index in [-0.39, 0.29) is 11.9 Å². The molecule has 0 fully saturated rings. The van der Waals surface area contributed by atoms with Gasteiger partial charge in [0.2, 0.25) is 0 Å². The molecule has 1 amide bonds. The molecule has 5 rings (SSSR count). The summed E-state index contributed by atoms with van der Waals surface area (Å²) in [6.45, 7) is 2.60. The molecule has 6 heteroatoms. The van der Waals surface area contributed by atoms with E-state index in [0.717, 1.165) is 44.2 Å². The Labute approximate surface area is 179 Å². The van der Waals surface area contributed by atoms with E-state index in [4.69, 9.17) is 9.72 Å². The smallest absolute Gasteiger partial charge is 0.254 e. The van der Waals surface area contributed by atoms with Gasteiger partial charge in [0, 0.05) is 42.0 Å². The molecule has 0 bridgehead atoms. The van der Waals surface area contributed by atoms with Crippen molar-refractivity contribution in [2.24, 2.45) is 0 Å². The van der Waals surface area contributed by atoms with Gasteiger partial charge in [-0.3, -0.25) is 9.78 Å². The molecule has 30 heavy (non-hydrogen) atoms. The maximum atomic E-state index is 13.3. The van der Waals surface area contributed by atoms with Gasteiger partial charge in [0.1, 0.15) is 10.8 Å². The number of pyridine rings is 1. The van der Waals surface area contributed by atoms with Crippen molar-refractivity contribution in [3.05, 3.63) is 77.6 Å². The minimum Gasteiger partial charge on any atom is -0.493 e. The molecule has 0 saturated carbocycles. The summed E-state index contributed by atoms with van der Waals surface area (Å²) in [6, 6.07) is 17.7. The van der Waals surface area contributed by atoms with Gasteiger partial charge in [0.25, 0.3) is 5.91 Å². The largest absolute Gasteiger partial charge is 0.493 e. The Balaban J connectivity index is 1.46. The average Bonchev–Trinajstić information content (AvgIpc) is 3.21. The molecular weight excluding hydrogens is 394 g/mol. The van der Waals surface area contributed by atoms with E-state index in [9.17, 15) is 4.79 Å². The number of carbonyl (C=O) groups excluding carboxylic acids is 1. The fourth-order valence-corrected chi connectivity index (χ4v) is 5.04. The zero-order valence-corrected chi connectivity index (χ0v) is 17.6. The number of ether oxygens (including phenoxy) is 1. The fraction of sp³-hybridized carbons (Fsp3) is 0.208. The third-order valence-corrected chi connectivity index (χ3v) is 6.64. The first-order valence-corrected chi connectivity index (χ1v) is 10.7. The van der Waals surface area contributed by atoms with Gasteiger partial charge in [0.05, 0.1) is 22.9 Å². The Bertz CT molecular complexity index is 1250. The highest BCUT2D eigenvalue weighted by molar-refractivity contribution is 7.21. The van der Waals surface area contributed by atoms with Gasteiger partial charge in [-0.15, -0.1) is 11.3 Å². The van der Waals surface area contributed by atoms with Crippen LogP contribution in [0.5, 0.6) is 5.75 Å². The first-order valence-electron chi connectivity index (χ1n) is 9.93. The summed E-state index contributed by atoms with van der Waals surface area (Å²) in [6.07, 6.45) is 2.57. The van der Waals surface area contributed by atoms with Crippen LogP contribution < -0.4 is 4.74 Å². The Morgan fingerprint density at radius 2 is 2.03 bits per heavy atom. The minimum atomic E-state index is 0.00566. The number of amides is 1. The molecule has 0 radical (unpaired) electrons. The van der Waals surface area contributed by atoms with E-state index in [1.54, 1.807) is 17.5 Å². The van der Waals surface area contributed by atoms with Crippen LogP contribution in [-0.2, 0) is 0 Å². The first-order chi connectivity index (χ1) is 14.6. The molecule has 2 aromatic carbocycles. The van der Waals surface area contributed by atoms with Gasteiger partial charge in [-0.2, -0.15) is 0 Å². The summed E-state index contributed by atoms with van der Waals surface area (Å²) in [7, 11) is 1.87. The predicted octanol–water partition coefficient (Wildman–Crippen LogP) is 5.26. The van der Waals surface area contributed by atoms with Gasteiger partial charge in [0.15, 0.2) is 0 Å². The molecule has 0 aliphatic carbocycles. The highest BCUT2D eigenvalue weighted by atomic mass is 32.1. The lowest BCUT2D eigenvalue weighted by Gasteiger charge is -2.33. The normalized spacial score (nSPS) is 15.5. The van der Waals surface area contributed by atoms with E-state index >= 15 is 0 Å². The van der Waals surface area contributed by atoms with E-state index in [1.807, 2.05) is 73.5 Å². The molecule has 4 aromatic rings. The Morgan fingerprint density at radius 1 is 1.17 bits per heavy atom. The van der Waals surface area contributed by atoms with Crippen LogP contribution in [0.3, 0.4) is 0 Å². The van der Waals surface area contributed by atoms with E-state index in [1.165, 1.54) is 0 Å². The highest BCUT2D eigenvalue weighted by Gasteiger charge is 2.28. The second-order valence-electron chi connectivity index (χ2n) is 7.44. The zero-order valence-electron chi connectivity index (χ0n) is 16.8. The standard InChI is InChI=1S/C24H21N3O2S/c1-15-17(7-5-12-25-15)23-26-19-10-9-16(14-22(19)30-23)24(28)27(2)20-11-13-29-21-8-4-3-6-18(20)21/h3-10,12,14,20H,11,13H2,1-2H3/t20-/m0/s1. The van der Waals surface area contributed by atoms with Gasteiger partial charge in [-0.1, -0.05) is 18.2 Å². The lowest BCUT2D eigenvalue weighted by molar-refractivity contribution is 0.0686. The SMILES string of the molecule is Cc1ncccc1-c1nc2ccc(C(=O)N(C)[C@H]3CCOc4ccccc43)cc2s1. The van der Waals surface area contributed by atoms with Gasteiger partial charge >= 0.3 is 0 Å². The second-order valence-corrected chi connectivity index (χ2v) is 8.48. The van der Waals surface area contributed by atoms with Crippen molar-refractivity contribution in [2.75, 3.05) is 13.7 Å². The number of fused-ring (bicyclic) bond motifs is 2. The first kappa shape index (κ1) is 18.8. The lowest BCUT2D eigenvalue weighted by atomic mass is 9.98. The molecule has 5 nitrogen and oxygen atoms in total. The summed E-state index contributed by atoms with van der Waals surface area (Å²) in [4.78, 5) is 24.2. The molecule has 1 aliphatic rings. The maximum absolute atomic E-state index is 13.3. The molecule has 0 spiro atoms. The number of para-hydroxylation sites is 1. The molecule has 2 aromatic heterocycles. The molecule has 1 atom stereocenters. The summed E-state index contributed by atoms with van der Waals surface area (Å²) >= 11 is 1.59. The topological polar surface area (TPSA) is 55.3 Å². The molecule has 0 N–H and O–H groups in total. The summed E-state index contributed by atoms with van der Waals surface area (Å²) < 4.78 is 6.75. The summed E-state index contributed by atoms with van der Waals surface area (Å²) in [5.74, 6) is 0.869. The number of thiazole rings is 1. The monoisotopic (exact) mass is 415 g/mol. The Hall–Kier alpha value is -3.25. The van der Waals surface area contributed by atoms with Gasteiger partial charge in [-0.25, -0.2) is 4.98 Å². The number of carbonyl (C=O) groups is 1. The van der Waals surface area contributed by atoms with Crippen LogP contribution in [0.25, 0.3) is 20.8 Å². The average molecular weight is 416 g/mol. The highest BCUT2D eigenvalue weighted by Crippen LogP contribution is 2.36. The van der Waals surface area contributed by atoms with Crippen molar-refractivity contribution in [1.82, 2.24) is 14.9 Å². The molecule has 3 heterocycles. The number of rotatable bonds is 3. The molecule has 0 saturated heterocycles. The molecule has 150 valence electrons. The Kier molecular flexibility index (Phi) is 4.71. The summed E-state index contributed by atoms with van der Waals surface area (Å²) in [5.41, 5.74) is 4.61. The molecule has 1 aliphatic heterocycles. The van der Waals surface area contributed by atoms with Crippen molar-refractivity contribution in [1.29, 1.82) is 0 Å². The van der Waals surface area contributed by atoms with Crippen LogP contribution in [-0.4, -0.2) is 34.4 Å². The summed E-state index contributed by atoms with van der Waals surface area (Å²) in [5, 5.41) is 0.923. The number of aromatic nitrogens is 2. The third kappa shape index (κ3) is 3.23. The van der Waals surface area contributed by atoms with Crippen molar-refractivity contribution in [3.8, 4) is 16.3 Å². The molecular formula is C24H21N3O2S. The fourth-order valence-electron chi connectivity index (χ4n) is 3.95. The zero-order chi connectivity index (χ0) is 20.7. The van der Waals surface area contributed by atoms with Crippen molar-refractivity contribution in [3.63, 3.8) is 0 Å². The van der Waals surface area contributed by atoms with Crippen molar-refractivity contribution >= 4 is 27.5 Å². The van der Waals surface area contributed by atoms with Crippen LogP contribution in [0.15, 0.2) is 60.8 Å². The number of hydrogen-bond donors (Lipinski definition) is 0. The lowest BCUT2D eigenvalue weighted by Crippen LogP contribution is -2.34. The number of aryl methyl sites for hydroxylation is 1. The van der Waals surface area contributed by atoms with Crippen LogP contribution in [0.1, 0.15) is 34.1 Å². The van der Waals surface area contributed by atoms with Crippen LogP contribution >= 0.6 is 11.3 Å². The van der Waals surface area contributed by atoms with Crippen molar-refractivity contribution in [2.45, 2.75) is 19.4 Å². The van der Waals surface area contributed by atoms with Crippen LogP contribution in [0.2, 0.25) is 0 Å². The second kappa shape index (κ2) is 7.54. The molecule has 0 unspecified atom stereocenters. The number of hydrogen-bond acceptors (Lipinski definition) is 5. The Morgan fingerprint density at radius 3 is 2.90 bits per heavy atom. The van der Waals surface area contributed by atoms with Crippen molar-refractivity contribution < 1.29 is 9.53 Å². The quantitative estimate of drug-likeness (QED) is 0.458. The maximum Gasteiger partial charge on any atom is 0.254 e. The van der Waals surface area contributed by atoms with E-state index in [2.05, 4.69) is 4.98 Å². The number of benzene rings is 2. The number of nitrogens with zero attached hydrogens (tertiary/aromatic N) is 3. The van der Waals surface area contributed by atoms with E-state index in [0.29, 0.717) is 12.2 Å². The van der Waals surface area contributed by atoms with Crippen LogP contribution in [0.4, 0.5) is 0 Å². The van der Waals surface area contributed by atoms with E-state index < -0.39 is 0 Å². The van der Waals surface area contributed by atoms with Crippen LogP contribution in [0, 0.1) is 6.92 Å². The third-order valence-electron chi connectivity index (χ3n) is 5.59. The van der Waals surface area contributed by atoms with Gasteiger partial charge < -0.3 is 9.64 Å². The minimum absolute atomic E-state index is 0.00566. The predicted molar refractivity (Wildman–Crippen MR) is 119 cm³/mol.